The number of aryl methyl sites for hydroxylation is 1. The molecule has 0 radical (unpaired) electrons. The van der Waals surface area contributed by atoms with Crippen molar-refractivity contribution in [1.82, 2.24) is 9.55 Å². The van der Waals surface area contributed by atoms with Crippen LogP contribution < -0.4 is 0 Å². The van der Waals surface area contributed by atoms with E-state index in [0.29, 0.717) is 6.42 Å². The smallest absolute Gasteiger partial charge is 0.112 e. The zero-order chi connectivity index (χ0) is 13.4. The Bertz CT molecular complexity index is 719. The highest BCUT2D eigenvalue weighted by Gasteiger charge is 2.15. The topological polar surface area (TPSA) is 38.0 Å². The summed E-state index contributed by atoms with van der Waals surface area (Å²) in [5.41, 5.74) is 3.00. The Labute approximate surface area is 123 Å². The lowest BCUT2D eigenvalue weighted by Gasteiger charge is -2.08. The average molecular weight is 337 g/mol. The van der Waals surface area contributed by atoms with Gasteiger partial charge in [-0.2, -0.15) is 0 Å². The van der Waals surface area contributed by atoms with Crippen molar-refractivity contribution in [3.8, 4) is 0 Å². The number of halogens is 1. The molecule has 0 saturated heterocycles. The Kier molecular flexibility index (Phi) is 3.43. The van der Waals surface area contributed by atoms with Gasteiger partial charge in [-0.05, 0) is 45.1 Å². The van der Waals surface area contributed by atoms with E-state index >= 15 is 0 Å². The quantitative estimate of drug-likeness (QED) is 0.792. The lowest BCUT2D eigenvalue weighted by Crippen LogP contribution is -2.06. The summed E-state index contributed by atoms with van der Waals surface area (Å²) >= 11 is 5.00. The molecule has 1 unspecified atom stereocenters. The molecule has 1 aromatic carbocycles. The average Bonchev–Trinajstić information content (AvgIpc) is 2.96. The summed E-state index contributed by atoms with van der Waals surface area (Å²) in [4.78, 5) is 4.58. The molecule has 0 aliphatic heterocycles. The molecular formula is C14H13BrN2OS. The summed E-state index contributed by atoms with van der Waals surface area (Å²) in [6, 6.07) is 9.97. The Morgan fingerprint density at radius 1 is 1.42 bits per heavy atom. The van der Waals surface area contributed by atoms with Crippen LogP contribution in [-0.4, -0.2) is 14.7 Å². The molecule has 0 amide bonds. The van der Waals surface area contributed by atoms with Crippen LogP contribution in [0.3, 0.4) is 0 Å². The van der Waals surface area contributed by atoms with Crippen LogP contribution in [-0.2, 0) is 13.5 Å². The fourth-order valence-electron chi connectivity index (χ4n) is 2.17. The number of rotatable bonds is 3. The molecule has 0 saturated carbocycles. The second kappa shape index (κ2) is 5.07. The number of nitrogens with zero attached hydrogens (tertiary/aromatic N) is 2. The lowest BCUT2D eigenvalue weighted by molar-refractivity contribution is 0.175. The number of aliphatic hydroxyl groups excluding tert-OH is 1. The van der Waals surface area contributed by atoms with Crippen molar-refractivity contribution in [3.63, 3.8) is 0 Å². The zero-order valence-corrected chi connectivity index (χ0v) is 12.8. The van der Waals surface area contributed by atoms with E-state index < -0.39 is 6.10 Å². The second-order valence-corrected chi connectivity index (χ2v) is 6.77. The first kappa shape index (κ1) is 12.8. The van der Waals surface area contributed by atoms with Gasteiger partial charge in [0.2, 0.25) is 0 Å². The van der Waals surface area contributed by atoms with E-state index in [2.05, 4.69) is 20.9 Å². The molecule has 3 nitrogen and oxygen atoms in total. The minimum absolute atomic E-state index is 0.516. The molecule has 0 aliphatic carbocycles. The van der Waals surface area contributed by atoms with Gasteiger partial charge in [-0.1, -0.05) is 12.1 Å². The maximum atomic E-state index is 10.3. The Hall–Kier alpha value is -1.17. The van der Waals surface area contributed by atoms with Crippen LogP contribution in [0, 0.1) is 0 Å². The summed E-state index contributed by atoms with van der Waals surface area (Å²) in [6.07, 6.45) is 0.00649. The summed E-state index contributed by atoms with van der Waals surface area (Å²) in [6.45, 7) is 0. The van der Waals surface area contributed by atoms with Crippen molar-refractivity contribution in [1.29, 1.82) is 0 Å². The maximum Gasteiger partial charge on any atom is 0.112 e. The van der Waals surface area contributed by atoms with Crippen molar-refractivity contribution >= 4 is 38.3 Å². The largest absolute Gasteiger partial charge is 0.388 e. The third-order valence-corrected chi connectivity index (χ3v) is 4.75. The molecule has 0 aliphatic rings. The normalized spacial score (nSPS) is 13.0. The van der Waals surface area contributed by atoms with E-state index in [4.69, 9.17) is 0 Å². The van der Waals surface area contributed by atoms with Crippen LogP contribution in [0.4, 0.5) is 0 Å². The van der Waals surface area contributed by atoms with Gasteiger partial charge >= 0.3 is 0 Å². The number of thiophene rings is 1. The highest BCUT2D eigenvalue weighted by atomic mass is 79.9. The third-order valence-electron chi connectivity index (χ3n) is 3.23. The first-order valence-electron chi connectivity index (χ1n) is 5.97. The molecule has 98 valence electrons. The predicted molar refractivity (Wildman–Crippen MR) is 81.4 cm³/mol. The van der Waals surface area contributed by atoms with Gasteiger partial charge in [-0.25, -0.2) is 4.98 Å². The van der Waals surface area contributed by atoms with Gasteiger partial charge in [0, 0.05) is 13.5 Å². The minimum atomic E-state index is -0.516. The van der Waals surface area contributed by atoms with Gasteiger partial charge in [-0.3, -0.25) is 0 Å². The van der Waals surface area contributed by atoms with E-state index in [0.717, 1.165) is 26.2 Å². The first-order valence-corrected chi connectivity index (χ1v) is 7.65. The van der Waals surface area contributed by atoms with Crippen molar-refractivity contribution in [2.75, 3.05) is 0 Å². The molecule has 0 fully saturated rings. The van der Waals surface area contributed by atoms with Gasteiger partial charge in [0.05, 0.1) is 20.9 Å². The number of benzene rings is 1. The van der Waals surface area contributed by atoms with Crippen LogP contribution in [0.1, 0.15) is 17.5 Å². The van der Waals surface area contributed by atoms with Crippen molar-refractivity contribution in [2.45, 2.75) is 12.5 Å². The van der Waals surface area contributed by atoms with Crippen molar-refractivity contribution in [2.24, 2.45) is 7.05 Å². The zero-order valence-electron chi connectivity index (χ0n) is 10.4. The fourth-order valence-corrected chi connectivity index (χ4v) is 3.39. The summed E-state index contributed by atoms with van der Waals surface area (Å²) < 4.78 is 3.08. The Morgan fingerprint density at radius 3 is 2.89 bits per heavy atom. The molecule has 5 heteroatoms. The van der Waals surface area contributed by atoms with E-state index in [1.807, 2.05) is 47.3 Å². The van der Waals surface area contributed by atoms with Crippen LogP contribution in [0.25, 0.3) is 11.0 Å². The van der Waals surface area contributed by atoms with Gasteiger partial charge in [0.15, 0.2) is 0 Å². The standard InChI is InChI=1S/C14H13BrN2OS/c1-17-11-5-3-2-4-10(11)16-14(17)7-12(18)9-6-13(15)19-8-9/h2-6,8,12,18H,7H2,1H3. The van der Waals surface area contributed by atoms with Gasteiger partial charge < -0.3 is 9.67 Å². The van der Waals surface area contributed by atoms with Crippen LogP contribution in [0.2, 0.25) is 0 Å². The van der Waals surface area contributed by atoms with Crippen LogP contribution in [0.15, 0.2) is 39.5 Å². The number of para-hydroxylation sites is 2. The van der Waals surface area contributed by atoms with Crippen LogP contribution >= 0.6 is 27.3 Å². The molecule has 19 heavy (non-hydrogen) atoms. The number of aliphatic hydroxyl groups is 1. The third kappa shape index (κ3) is 2.45. The van der Waals surface area contributed by atoms with Crippen molar-refractivity contribution in [3.05, 3.63) is 50.9 Å². The molecule has 3 rings (SSSR count). The lowest BCUT2D eigenvalue weighted by atomic mass is 10.1. The second-order valence-electron chi connectivity index (χ2n) is 4.48. The Balaban J connectivity index is 1.91. The summed E-state index contributed by atoms with van der Waals surface area (Å²) in [5.74, 6) is 0.899. The molecule has 2 heterocycles. The molecule has 1 N–H and O–H groups in total. The SMILES string of the molecule is Cn1c(CC(O)c2csc(Br)c2)nc2ccccc21. The molecule has 3 aromatic rings. The van der Waals surface area contributed by atoms with Gasteiger partial charge in [0.25, 0.3) is 0 Å². The monoisotopic (exact) mass is 336 g/mol. The number of imidazole rings is 1. The van der Waals surface area contributed by atoms with E-state index in [1.54, 1.807) is 11.3 Å². The van der Waals surface area contributed by atoms with Crippen molar-refractivity contribution < 1.29 is 5.11 Å². The van der Waals surface area contributed by atoms with E-state index in [9.17, 15) is 5.11 Å². The van der Waals surface area contributed by atoms with Crippen LogP contribution in [0.5, 0.6) is 0 Å². The molecule has 2 aromatic heterocycles. The molecule has 0 bridgehead atoms. The van der Waals surface area contributed by atoms with E-state index in [-0.39, 0.29) is 0 Å². The Morgan fingerprint density at radius 2 is 2.21 bits per heavy atom. The maximum absolute atomic E-state index is 10.3. The number of hydrogen-bond donors (Lipinski definition) is 1. The minimum Gasteiger partial charge on any atom is -0.388 e. The summed E-state index contributed by atoms with van der Waals surface area (Å²) in [5, 5.41) is 12.2. The first-order chi connectivity index (χ1) is 9.15. The number of hydrogen-bond acceptors (Lipinski definition) is 3. The predicted octanol–water partition coefficient (Wildman–Crippen LogP) is 3.67. The van der Waals surface area contributed by atoms with E-state index in [1.165, 1.54) is 0 Å². The fraction of sp³-hybridized carbons (Fsp3) is 0.214. The van der Waals surface area contributed by atoms with Gasteiger partial charge in [-0.15, -0.1) is 11.3 Å². The highest BCUT2D eigenvalue weighted by molar-refractivity contribution is 9.11. The molecule has 0 spiro atoms. The summed E-state index contributed by atoms with van der Waals surface area (Å²) in [7, 11) is 1.99. The van der Waals surface area contributed by atoms with Gasteiger partial charge in [0.1, 0.15) is 5.82 Å². The number of aromatic nitrogens is 2. The molecule has 1 atom stereocenters. The number of fused-ring (bicyclic) bond motifs is 1. The molecular weight excluding hydrogens is 324 g/mol. The highest BCUT2D eigenvalue weighted by Crippen LogP contribution is 2.27.